The fourth-order valence-electron chi connectivity index (χ4n) is 3.37. The Morgan fingerprint density at radius 2 is 1.88 bits per heavy atom. The summed E-state index contributed by atoms with van der Waals surface area (Å²) in [6.07, 6.45) is 4.21. The SMILES string of the molecule is CC1=CC(C)(C)N(C)c2ccc(C=Nc3ccc4c(c3)OCO4)cc21. The minimum atomic E-state index is 0.0270. The summed E-state index contributed by atoms with van der Waals surface area (Å²) < 4.78 is 10.7. The van der Waals surface area contributed by atoms with Crippen molar-refractivity contribution < 1.29 is 9.47 Å². The lowest BCUT2D eigenvalue weighted by Crippen LogP contribution is -2.42. The van der Waals surface area contributed by atoms with Gasteiger partial charge in [0.05, 0.1) is 11.2 Å². The predicted octanol–water partition coefficient (Wildman–Crippen LogP) is 4.80. The fourth-order valence-corrected chi connectivity index (χ4v) is 3.37. The maximum absolute atomic E-state index is 5.40. The van der Waals surface area contributed by atoms with E-state index in [2.05, 4.69) is 62.0 Å². The van der Waals surface area contributed by atoms with Gasteiger partial charge in [-0.1, -0.05) is 12.1 Å². The standard InChI is InChI=1S/C21H22N2O2/c1-14-11-21(2,3)23(4)18-7-5-15(9-17(14)18)12-22-16-6-8-19-20(10-16)25-13-24-19/h5-12H,13H2,1-4H3. The van der Waals surface area contributed by atoms with Crippen LogP contribution in [0.25, 0.3) is 5.57 Å². The highest BCUT2D eigenvalue weighted by Crippen LogP contribution is 2.38. The van der Waals surface area contributed by atoms with Gasteiger partial charge in [0.15, 0.2) is 11.5 Å². The molecule has 0 spiro atoms. The Labute approximate surface area is 148 Å². The molecule has 128 valence electrons. The predicted molar refractivity (Wildman–Crippen MR) is 102 cm³/mol. The highest BCUT2D eigenvalue weighted by molar-refractivity contribution is 5.88. The quantitative estimate of drug-likeness (QED) is 0.740. The van der Waals surface area contributed by atoms with Gasteiger partial charge >= 0.3 is 0 Å². The minimum absolute atomic E-state index is 0.0270. The van der Waals surface area contributed by atoms with E-state index < -0.39 is 0 Å². The average Bonchev–Trinajstić information content (AvgIpc) is 3.05. The normalized spacial score (nSPS) is 17.6. The lowest BCUT2D eigenvalue weighted by molar-refractivity contribution is 0.174. The smallest absolute Gasteiger partial charge is 0.231 e. The molecule has 0 unspecified atom stereocenters. The molecule has 0 bridgehead atoms. The number of benzene rings is 2. The summed E-state index contributed by atoms with van der Waals surface area (Å²) in [6, 6.07) is 12.2. The second-order valence-corrected chi connectivity index (χ2v) is 7.11. The monoisotopic (exact) mass is 334 g/mol. The number of aliphatic imine (C=N–C) groups is 1. The van der Waals surface area contributed by atoms with Gasteiger partial charge in [0.1, 0.15) is 0 Å². The molecular weight excluding hydrogens is 312 g/mol. The van der Waals surface area contributed by atoms with Crippen LogP contribution in [-0.2, 0) is 0 Å². The highest BCUT2D eigenvalue weighted by Gasteiger charge is 2.28. The number of hydrogen-bond donors (Lipinski definition) is 0. The van der Waals surface area contributed by atoms with E-state index >= 15 is 0 Å². The molecule has 25 heavy (non-hydrogen) atoms. The van der Waals surface area contributed by atoms with E-state index in [4.69, 9.17) is 9.47 Å². The van der Waals surface area contributed by atoms with E-state index in [1.54, 1.807) is 0 Å². The number of rotatable bonds is 2. The van der Waals surface area contributed by atoms with Gasteiger partial charge in [-0.15, -0.1) is 0 Å². The number of nitrogens with zero attached hydrogens (tertiary/aromatic N) is 2. The Morgan fingerprint density at radius 3 is 2.72 bits per heavy atom. The summed E-state index contributed by atoms with van der Waals surface area (Å²) in [5.41, 5.74) is 5.78. The molecule has 2 aromatic carbocycles. The Kier molecular flexibility index (Phi) is 3.57. The number of anilines is 1. The molecule has 2 aromatic rings. The highest BCUT2D eigenvalue weighted by atomic mass is 16.7. The molecule has 2 aliphatic rings. The zero-order chi connectivity index (χ0) is 17.6. The van der Waals surface area contributed by atoms with Crippen molar-refractivity contribution in [1.82, 2.24) is 0 Å². The number of ether oxygens (including phenoxy) is 2. The van der Waals surface area contributed by atoms with E-state index in [1.165, 1.54) is 16.8 Å². The van der Waals surface area contributed by atoms with Crippen LogP contribution >= 0.6 is 0 Å². The first kappa shape index (κ1) is 15.8. The van der Waals surface area contributed by atoms with Gasteiger partial charge in [-0.25, -0.2) is 0 Å². The lowest BCUT2D eigenvalue weighted by atomic mass is 9.89. The van der Waals surface area contributed by atoms with Crippen LogP contribution in [0.1, 0.15) is 31.9 Å². The van der Waals surface area contributed by atoms with Crippen molar-refractivity contribution in [2.45, 2.75) is 26.3 Å². The van der Waals surface area contributed by atoms with Gasteiger partial charge in [0.25, 0.3) is 0 Å². The molecule has 0 saturated carbocycles. The molecule has 0 radical (unpaired) electrons. The zero-order valence-electron chi connectivity index (χ0n) is 15.0. The second kappa shape index (κ2) is 5.66. The van der Waals surface area contributed by atoms with Crippen molar-refractivity contribution in [3.63, 3.8) is 0 Å². The van der Waals surface area contributed by atoms with Crippen molar-refractivity contribution in [2.24, 2.45) is 4.99 Å². The zero-order valence-corrected chi connectivity index (χ0v) is 15.0. The first-order valence-corrected chi connectivity index (χ1v) is 8.45. The molecular formula is C21H22N2O2. The van der Waals surface area contributed by atoms with Gasteiger partial charge in [-0.05, 0) is 56.2 Å². The first-order chi connectivity index (χ1) is 11.9. The van der Waals surface area contributed by atoms with Crippen LogP contribution in [0.2, 0.25) is 0 Å². The van der Waals surface area contributed by atoms with Gasteiger partial charge in [-0.3, -0.25) is 4.99 Å². The number of hydrogen-bond acceptors (Lipinski definition) is 4. The average molecular weight is 334 g/mol. The molecule has 0 aliphatic carbocycles. The van der Waals surface area contributed by atoms with E-state index in [0.717, 1.165) is 22.7 Å². The van der Waals surface area contributed by atoms with Crippen LogP contribution in [0.3, 0.4) is 0 Å². The topological polar surface area (TPSA) is 34.1 Å². The van der Waals surface area contributed by atoms with Gasteiger partial charge in [0.2, 0.25) is 6.79 Å². The van der Waals surface area contributed by atoms with Crippen molar-refractivity contribution in [3.05, 3.63) is 53.6 Å². The molecule has 4 nitrogen and oxygen atoms in total. The van der Waals surface area contributed by atoms with Crippen molar-refractivity contribution in [2.75, 3.05) is 18.7 Å². The maximum atomic E-state index is 5.40. The molecule has 0 atom stereocenters. The molecule has 4 rings (SSSR count). The third-order valence-corrected chi connectivity index (χ3v) is 4.96. The number of allylic oxidation sites excluding steroid dienone is 1. The van der Waals surface area contributed by atoms with Crippen molar-refractivity contribution in [3.8, 4) is 11.5 Å². The van der Waals surface area contributed by atoms with Crippen LogP contribution in [0.5, 0.6) is 11.5 Å². The van der Waals surface area contributed by atoms with Crippen molar-refractivity contribution in [1.29, 1.82) is 0 Å². The van der Waals surface area contributed by atoms with E-state index in [9.17, 15) is 0 Å². The summed E-state index contributed by atoms with van der Waals surface area (Å²) in [5, 5.41) is 0. The van der Waals surface area contributed by atoms with Crippen LogP contribution < -0.4 is 14.4 Å². The van der Waals surface area contributed by atoms with E-state index in [1.807, 2.05) is 24.4 Å². The molecule has 0 aromatic heterocycles. The first-order valence-electron chi connectivity index (χ1n) is 8.45. The van der Waals surface area contributed by atoms with Gasteiger partial charge in [-0.2, -0.15) is 0 Å². The van der Waals surface area contributed by atoms with Crippen molar-refractivity contribution >= 4 is 23.2 Å². The molecule has 2 heterocycles. The Morgan fingerprint density at radius 1 is 1.08 bits per heavy atom. The molecule has 2 aliphatic heterocycles. The molecule has 0 amide bonds. The summed E-state index contributed by atoms with van der Waals surface area (Å²) in [6.45, 7) is 6.91. The van der Waals surface area contributed by atoms with E-state index in [-0.39, 0.29) is 12.3 Å². The third-order valence-electron chi connectivity index (χ3n) is 4.96. The number of fused-ring (bicyclic) bond motifs is 2. The van der Waals surface area contributed by atoms with Crippen LogP contribution in [-0.4, -0.2) is 25.6 Å². The van der Waals surface area contributed by atoms with E-state index in [0.29, 0.717) is 0 Å². The van der Waals surface area contributed by atoms with Crippen LogP contribution in [0.15, 0.2) is 47.5 Å². The second-order valence-electron chi connectivity index (χ2n) is 7.11. The number of likely N-dealkylation sites (N-methyl/N-ethyl adjacent to an activating group) is 1. The summed E-state index contributed by atoms with van der Waals surface area (Å²) in [4.78, 5) is 6.90. The van der Waals surface area contributed by atoms with Gasteiger partial charge < -0.3 is 14.4 Å². The minimum Gasteiger partial charge on any atom is -0.454 e. The van der Waals surface area contributed by atoms with Crippen LogP contribution in [0.4, 0.5) is 11.4 Å². The molecule has 4 heteroatoms. The third kappa shape index (κ3) is 2.78. The van der Waals surface area contributed by atoms with Crippen LogP contribution in [0, 0.1) is 0 Å². The summed E-state index contributed by atoms with van der Waals surface area (Å²) >= 11 is 0. The Hall–Kier alpha value is -2.75. The lowest BCUT2D eigenvalue weighted by Gasteiger charge is -2.40. The molecule has 0 fully saturated rings. The fraction of sp³-hybridized carbons (Fsp3) is 0.286. The summed E-state index contributed by atoms with van der Waals surface area (Å²) in [7, 11) is 2.14. The summed E-state index contributed by atoms with van der Waals surface area (Å²) in [5.74, 6) is 1.53. The Bertz CT molecular complexity index is 897. The largest absolute Gasteiger partial charge is 0.454 e. The Balaban J connectivity index is 1.64. The van der Waals surface area contributed by atoms with Gasteiger partial charge in [0, 0.05) is 30.6 Å². The maximum Gasteiger partial charge on any atom is 0.231 e. The molecule has 0 saturated heterocycles. The molecule has 0 N–H and O–H groups in total.